The van der Waals surface area contributed by atoms with E-state index in [1.807, 2.05) is 0 Å². The Bertz CT molecular complexity index is 222. The Morgan fingerprint density at radius 3 is 2.91 bits per heavy atom. The Balaban J connectivity index is 2.60. The number of rotatable bonds is 3. The van der Waals surface area contributed by atoms with Crippen molar-refractivity contribution < 1.29 is 0 Å². The van der Waals surface area contributed by atoms with Gasteiger partial charge in [0.15, 0.2) is 0 Å². The SMILES string of the molecule is CCNC(C)c1csc(I)c1. The molecule has 1 N–H and O–H groups in total. The molecule has 0 aliphatic carbocycles. The van der Waals surface area contributed by atoms with Crippen LogP contribution in [0.5, 0.6) is 0 Å². The first-order chi connectivity index (χ1) is 5.24. The fourth-order valence-corrected chi connectivity index (χ4v) is 2.44. The molecule has 0 aromatic carbocycles. The minimum atomic E-state index is 0.500. The molecule has 0 aliphatic heterocycles. The van der Waals surface area contributed by atoms with E-state index < -0.39 is 0 Å². The molecule has 0 aliphatic rings. The molecule has 1 rings (SSSR count). The summed E-state index contributed by atoms with van der Waals surface area (Å²) < 4.78 is 1.36. The Morgan fingerprint density at radius 1 is 1.73 bits per heavy atom. The van der Waals surface area contributed by atoms with Gasteiger partial charge in [-0.1, -0.05) is 6.92 Å². The third-order valence-corrected chi connectivity index (χ3v) is 3.41. The highest BCUT2D eigenvalue weighted by Gasteiger charge is 2.04. The molecule has 0 saturated carbocycles. The van der Waals surface area contributed by atoms with Crippen LogP contribution in [0.3, 0.4) is 0 Å². The maximum atomic E-state index is 3.38. The second kappa shape index (κ2) is 4.42. The van der Waals surface area contributed by atoms with Crippen LogP contribution >= 0.6 is 33.9 Å². The van der Waals surface area contributed by atoms with Gasteiger partial charge in [-0.3, -0.25) is 0 Å². The molecule has 0 radical (unpaired) electrons. The van der Waals surface area contributed by atoms with Crippen molar-refractivity contribution in [3.8, 4) is 0 Å². The summed E-state index contributed by atoms with van der Waals surface area (Å²) in [6, 6.07) is 2.73. The first-order valence-electron chi connectivity index (χ1n) is 3.71. The van der Waals surface area contributed by atoms with Crippen LogP contribution in [0.25, 0.3) is 0 Å². The lowest BCUT2D eigenvalue weighted by Gasteiger charge is -2.08. The lowest BCUT2D eigenvalue weighted by Crippen LogP contribution is -2.16. The first-order valence-corrected chi connectivity index (χ1v) is 5.67. The van der Waals surface area contributed by atoms with Crippen molar-refractivity contribution >= 4 is 33.9 Å². The molecule has 0 amide bonds. The van der Waals surface area contributed by atoms with E-state index in [1.54, 1.807) is 11.3 Å². The van der Waals surface area contributed by atoms with E-state index in [2.05, 4.69) is 53.2 Å². The summed E-state index contributed by atoms with van der Waals surface area (Å²) in [5.41, 5.74) is 1.40. The van der Waals surface area contributed by atoms with Gasteiger partial charge in [0.2, 0.25) is 0 Å². The number of hydrogen-bond acceptors (Lipinski definition) is 2. The molecule has 11 heavy (non-hydrogen) atoms. The number of thiophene rings is 1. The van der Waals surface area contributed by atoms with Crippen molar-refractivity contribution in [2.24, 2.45) is 0 Å². The monoisotopic (exact) mass is 281 g/mol. The van der Waals surface area contributed by atoms with Crippen molar-refractivity contribution in [3.63, 3.8) is 0 Å². The molecule has 1 aromatic rings. The Hall–Kier alpha value is 0.390. The largest absolute Gasteiger partial charge is 0.310 e. The lowest BCUT2D eigenvalue weighted by atomic mass is 10.2. The molecule has 1 nitrogen and oxygen atoms in total. The Kier molecular flexibility index (Phi) is 3.81. The van der Waals surface area contributed by atoms with Crippen LogP contribution in [0.2, 0.25) is 0 Å². The smallest absolute Gasteiger partial charge is 0.0656 e. The van der Waals surface area contributed by atoms with Crippen molar-refractivity contribution in [1.29, 1.82) is 0 Å². The van der Waals surface area contributed by atoms with Gasteiger partial charge in [-0.2, -0.15) is 0 Å². The Labute approximate surface area is 85.3 Å². The molecule has 1 aromatic heterocycles. The highest BCUT2D eigenvalue weighted by atomic mass is 127. The summed E-state index contributed by atoms with van der Waals surface area (Å²) in [4.78, 5) is 0. The molecular weight excluding hydrogens is 269 g/mol. The van der Waals surface area contributed by atoms with E-state index >= 15 is 0 Å². The van der Waals surface area contributed by atoms with Gasteiger partial charge in [0.1, 0.15) is 0 Å². The van der Waals surface area contributed by atoms with Crippen molar-refractivity contribution in [1.82, 2.24) is 5.32 Å². The predicted molar refractivity (Wildman–Crippen MR) is 59.1 cm³/mol. The van der Waals surface area contributed by atoms with Crippen molar-refractivity contribution in [3.05, 3.63) is 19.9 Å². The zero-order valence-electron chi connectivity index (χ0n) is 6.73. The van der Waals surface area contributed by atoms with E-state index in [4.69, 9.17) is 0 Å². The van der Waals surface area contributed by atoms with E-state index in [0.29, 0.717) is 6.04 Å². The zero-order valence-corrected chi connectivity index (χ0v) is 9.70. The molecule has 3 heteroatoms. The van der Waals surface area contributed by atoms with E-state index in [0.717, 1.165) is 6.54 Å². The second-order valence-corrected chi connectivity index (χ2v) is 5.27. The van der Waals surface area contributed by atoms with Gasteiger partial charge in [0.25, 0.3) is 0 Å². The quantitative estimate of drug-likeness (QED) is 0.840. The van der Waals surface area contributed by atoms with E-state index in [-0.39, 0.29) is 0 Å². The van der Waals surface area contributed by atoms with Gasteiger partial charge in [-0.05, 0) is 53.1 Å². The average molecular weight is 281 g/mol. The molecule has 0 saturated heterocycles. The maximum absolute atomic E-state index is 3.38. The molecule has 0 bridgehead atoms. The van der Waals surface area contributed by atoms with Crippen LogP contribution in [0, 0.1) is 2.88 Å². The highest BCUT2D eigenvalue weighted by Crippen LogP contribution is 2.21. The lowest BCUT2D eigenvalue weighted by molar-refractivity contribution is 0.600. The zero-order chi connectivity index (χ0) is 8.27. The van der Waals surface area contributed by atoms with Crippen LogP contribution in [-0.2, 0) is 0 Å². The molecule has 0 fully saturated rings. The molecule has 1 unspecified atom stereocenters. The summed E-state index contributed by atoms with van der Waals surface area (Å²) in [7, 11) is 0. The molecule has 0 spiro atoms. The molecule has 1 heterocycles. The summed E-state index contributed by atoms with van der Waals surface area (Å²) in [5.74, 6) is 0. The number of halogens is 1. The third kappa shape index (κ3) is 2.72. The van der Waals surface area contributed by atoms with Crippen molar-refractivity contribution in [2.75, 3.05) is 6.54 Å². The van der Waals surface area contributed by atoms with Gasteiger partial charge in [-0.25, -0.2) is 0 Å². The topological polar surface area (TPSA) is 12.0 Å². The van der Waals surface area contributed by atoms with E-state index in [1.165, 1.54) is 8.45 Å². The van der Waals surface area contributed by atoms with Gasteiger partial charge in [-0.15, -0.1) is 11.3 Å². The van der Waals surface area contributed by atoms with Gasteiger partial charge in [0.05, 0.1) is 2.88 Å². The minimum Gasteiger partial charge on any atom is -0.310 e. The van der Waals surface area contributed by atoms with Gasteiger partial charge >= 0.3 is 0 Å². The molecule has 62 valence electrons. The normalized spacial score (nSPS) is 13.4. The van der Waals surface area contributed by atoms with Crippen LogP contribution in [-0.4, -0.2) is 6.54 Å². The third-order valence-electron chi connectivity index (χ3n) is 1.60. The highest BCUT2D eigenvalue weighted by molar-refractivity contribution is 14.1. The van der Waals surface area contributed by atoms with Crippen molar-refractivity contribution in [2.45, 2.75) is 19.9 Å². The van der Waals surface area contributed by atoms with Gasteiger partial charge < -0.3 is 5.32 Å². The molecule has 1 atom stereocenters. The maximum Gasteiger partial charge on any atom is 0.0656 e. The number of nitrogens with one attached hydrogen (secondary N) is 1. The summed E-state index contributed by atoms with van der Waals surface area (Å²) >= 11 is 4.16. The van der Waals surface area contributed by atoms with Crippen LogP contribution in [0.15, 0.2) is 11.4 Å². The summed E-state index contributed by atoms with van der Waals surface area (Å²) in [6.07, 6.45) is 0. The average Bonchev–Trinajstić information content (AvgIpc) is 2.36. The summed E-state index contributed by atoms with van der Waals surface area (Å²) in [5, 5.41) is 5.60. The van der Waals surface area contributed by atoms with Crippen LogP contribution in [0.4, 0.5) is 0 Å². The molecular formula is C8H12INS. The van der Waals surface area contributed by atoms with Crippen LogP contribution in [0.1, 0.15) is 25.5 Å². The predicted octanol–water partition coefficient (Wildman–Crippen LogP) is 3.02. The second-order valence-electron chi connectivity index (χ2n) is 2.46. The van der Waals surface area contributed by atoms with E-state index in [9.17, 15) is 0 Å². The summed E-state index contributed by atoms with van der Waals surface area (Å²) in [6.45, 7) is 5.36. The number of hydrogen-bond donors (Lipinski definition) is 1. The fourth-order valence-electron chi connectivity index (χ4n) is 0.975. The van der Waals surface area contributed by atoms with Gasteiger partial charge in [0, 0.05) is 6.04 Å². The van der Waals surface area contributed by atoms with Crippen LogP contribution < -0.4 is 5.32 Å². The first kappa shape index (κ1) is 9.48. The fraction of sp³-hybridized carbons (Fsp3) is 0.500. The standard InChI is InChI=1S/C8H12INS/c1-3-10-6(2)7-4-8(9)11-5-7/h4-6,10H,3H2,1-2H3. The minimum absolute atomic E-state index is 0.500. The Morgan fingerprint density at radius 2 is 2.45 bits per heavy atom.